The molecule has 3 nitrogen and oxygen atoms in total. The monoisotopic (exact) mass is 350 g/mol. The summed E-state index contributed by atoms with van der Waals surface area (Å²) in [4.78, 5) is 10.9. The number of benzene rings is 2. The molecule has 0 spiro atoms. The second-order valence-corrected chi connectivity index (χ2v) is 7.78. The fourth-order valence-electron chi connectivity index (χ4n) is 4.22. The topological polar surface area (TPSA) is 46.5 Å². The quantitative estimate of drug-likeness (QED) is 0.759. The van der Waals surface area contributed by atoms with Gasteiger partial charge < -0.3 is 9.84 Å². The van der Waals surface area contributed by atoms with Gasteiger partial charge in [-0.15, -0.1) is 0 Å². The van der Waals surface area contributed by atoms with Gasteiger partial charge in [0.15, 0.2) is 0 Å². The number of aryl methyl sites for hydroxylation is 1. The summed E-state index contributed by atoms with van der Waals surface area (Å²) in [5, 5.41) is 8.98. The van der Waals surface area contributed by atoms with Gasteiger partial charge in [0.25, 0.3) is 0 Å². The smallest absolute Gasteiger partial charge is 0.306 e. The van der Waals surface area contributed by atoms with Gasteiger partial charge in [-0.05, 0) is 73.6 Å². The molecule has 0 heterocycles. The van der Waals surface area contributed by atoms with Crippen LogP contribution in [-0.2, 0) is 11.2 Å². The molecule has 0 aromatic heterocycles. The number of carboxylic acid groups (broad SMARTS) is 1. The number of rotatable bonds is 7. The zero-order chi connectivity index (χ0) is 17.9. The molecular formula is C23H26O3. The van der Waals surface area contributed by atoms with E-state index in [1.807, 2.05) is 30.3 Å². The van der Waals surface area contributed by atoms with E-state index in [4.69, 9.17) is 9.84 Å². The molecule has 2 saturated carbocycles. The van der Waals surface area contributed by atoms with Crippen molar-refractivity contribution in [3.63, 3.8) is 0 Å². The van der Waals surface area contributed by atoms with Crippen LogP contribution < -0.4 is 4.74 Å². The predicted octanol–water partition coefficient (Wildman–Crippen LogP) is 5.06. The Bertz CT molecular complexity index is 738. The standard InChI is InChI=1S/C23H26O3/c24-23(25)22-15-19(22)11-8-16-6-9-17(10-7-16)18-12-13-21(14-18)26-20-4-2-1-3-5-20/h1-7,9-10,18-19,21-22H,8,11-15H2,(H,24,25)/t18?,19-,21-,22-/m1/s1. The summed E-state index contributed by atoms with van der Waals surface area (Å²) < 4.78 is 6.10. The van der Waals surface area contributed by atoms with E-state index in [1.165, 1.54) is 17.5 Å². The first-order valence-electron chi connectivity index (χ1n) is 9.72. The van der Waals surface area contributed by atoms with E-state index < -0.39 is 5.97 Å². The van der Waals surface area contributed by atoms with Gasteiger partial charge in [0.05, 0.1) is 12.0 Å². The third-order valence-electron chi connectivity index (χ3n) is 5.93. The van der Waals surface area contributed by atoms with E-state index in [2.05, 4.69) is 24.3 Å². The molecule has 1 N–H and O–H groups in total. The number of hydrogen-bond acceptors (Lipinski definition) is 2. The van der Waals surface area contributed by atoms with Crippen LogP contribution in [0.25, 0.3) is 0 Å². The van der Waals surface area contributed by atoms with Gasteiger partial charge in [0.2, 0.25) is 0 Å². The molecule has 0 radical (unpaired) electrons. The van der Waals surface area contributed by atoms with Crippen molar-refractivity contribution >= 4 is 5.97 Å². The maximum Gasteiger partial charge on any atom is 0.306 e. The Kier molecular flexibility index (Phi) is 4.96. The molecule has 2 aliphatic carbocycles. The normalized spacial score (nSPS) is 27.2. The number of aliphatic carboxylic acids is 1. The summed E-state index contributed by atoms with van der Waals surface area (Å²) >= 11 is 0. The van der Waals surface area contributed by atoms with Crippen LogP contribution in [0, 0.1) is 11.8 Å². The highest BCUT2D eigenvalue weighted by atomic mass is 16.5. The Balaban J connectivity index is 1.27. The summed E-state index contributed by atoms with van der Waals surface area (Å²) in [7, 11) is 0. The first-order chi connectivity index (χ1) is 12.7. The van der Waals surface area contributed by atoms with Crippen molar-refractivity contribution in [1.82, 2.24) is 0 Å². The third kappa shape index (κ3) is 4.09. The van der Waals surface area contributed by atoms with Crippen LogP contribution in [0.1, 0.15) is 49.1 Å². The fourth-order valence-corrected chi connectivity index (χ4v) is 4.22. The lowest BCUT2D eigenvalue weighted by Crippen LogP contribution is -2.11. The van der Waals surface area contributed by atoms with E-state index in [9.17, 15) is 4.79 Å². The lowest BCUT2D eigenvalue weighted by molar-refractivity contribution is -0.138. The Morgan fingerprint density at radius 3 is 2.46 bits per heavy atom. The van der Waals surface area contributed by atoms with Crippen LogP contribution in [0.15, 0.2) is 54.6 Å². The molecule has 2 aromatic carbocycles. The molecule has 26 heavy (non-hydrogen) atoms. The summed E-state index contributed by atoms with van der Waals surface area (Å²) in [6.07, 6.45) is 6.52. The molecule has 0 bridgehead atoms. The average Bonchev–Trinajstić information content (AvgIpc) is 3.31. The molecule has 3 heteroatoms. The maximum atomic E-state index is 10.9. The van der Waals surface area contributed by atoms with Crippen LogP contribution in [0.2, 0.25) is 0 Å². The molecule has 4 atom stereocenters. The highest BCUT2D eigenvalue weighted by Gasteiger charge is 2.42. The van der Waals surface area contributed by atoms with Gasteiger partial charge in [0.1, 0.15) is 5.75 Å². The molecule has 0 aliphatic heterocycles. The zero-order valence-corrected chi connectivity index (χ0v) is 15.0. The van der Waals surface area contributed by atoms with Crippen LogP contribution in [0.4, 0.5) is 0 Å². The molecule has 1 unspecified atom stereocenters. The second-order valence-electron chi connectivity index (χ2n) is 7.78. The van der Waals surface area contributed by atoms with Crippen molar-refractivity contribution in [1.29, 1.82) is 0 Å². The molecular weight excluding hydrogens is 324 g/mol. The van der Waals surface area contributed by atoms with Crippen LogP contribution in [-0.4, -0.2) is 17.2 Å². The molecule has 2 fully saturated rings. The SMILES string of the molecule is O=C(O)[C@@H]1C[C@H]1CCc1ccc(C2CC[C@@H](Oc3ccccc3)C2)cc1. The summed E-state index contributed by atoms with van der Waals surface area (Å²) in [6, 6.07) is 19.0. The molecule has 0 saturated heterocycles. The molecule has 136 valence electrons. The average molecular weight is 350 g/mol. The van der Waals surface area contributed by atoms with Gasteiger partial charge in [-0.25, -0.2) is 0 Å². The van der Waals surface area contributed by atoms with Crippen molar-refractivity contribution < 1.29 is 14.6 Å². The van der Waals surface area contributed by atoms with E-state index >= 15 is 0 Å². The van der Waals surface area contributed by atoms with Gasteiger partial charge in [0, 0.05) is 0 Å². The summed E-state index contributed by atoms with van der Waals surface area (Å²) in [6.45, 7) is 0. The minimum absolute atomic E-state index is 0.0886. The fraction of sp³-hybridized carbons (Fsp3) is 0.435. The van der Waals surface area contributed by atoms with Crippen LogP contribution in [0.5, 0.6) is 5.75 Å². The Labute approximate surface area is 155 Å². The van der Waals surface area contributed by atoms with Gasteiger partial charge in [-0.3, -0.25) is 4.79 Å². The Hall–Kier alpha value is -2.29. The summed E-state index contributed by atoms with van der Waals surface area (Å²) in [5.41, 5.74) is 2.72. The maximum absolute atomic E-state index is 10.9. The third-order valence-corrected chi connectivity index (χ3v) is 5.93. The molecule has 2 aromatic rings. The van der Waals surface area contributed by atoms with Crippen molar-refractivity contribution in [3.8, 4) is 5.75 Å². The van der Waals surface area contributed by atoms with Gasteiger partial charge in [-0.1, -0.05) is 42.5 Å². The highest BCUT2D eigenvalue weighted by Crippen LogP contribution is 2.42. The van der Waals surface area contributed by atoms with E-state index in [0.717, 1.165) is 37.9 Å². The minimum Gasteiger partial charge on any atom is -0.490 e. The van der Waals surface area contributed by atoms with Gasteiger partial charge >= 0.3 is 5.97 Å². The number of para-hydroxylation sites is 1. The second kappa shape index (κ2) is 7.53. The molecule has 0 amide bonds. The molecule has 4 rings (SSSR count). The van der Waals surface area contributed by atoms with E-state index in [0.29, 0.717) is 17.9 Å². The number of carbonyl (C=O) groups is 1. The van der Waals surface area contributed by atoms with Crippen molar-refractivity contribution in [2.45, 2.75) is 50.5 Å². The number of hydrogen-bond donors (Lipinski definition) is 1. The van der Waals surface area contributed by atoms with Crippen LogP contribution >= 0.6 is 0 Å². The van der Waals surface area contributed by atoms with Crippen molar-refractivity contribution in [2.24, 2.45) is 11.8 Å². The largest absolute Gasteiger partial charge is 0.490 e. The predicted molar refractivity (Wildman–Crippen MR) is 101 cm³/mol. The zero-order valence-electron chi connectivity index (χ0n) is 15.0. The Morgan fingerprint density at radius 2 is 1.77 bits per heavy atom. The summed E-state index contributed by atoms with van der Waals surface area (Å²) in [5.74, 6) is 1.22. The molecule has 2 aliphatic rings. The lowest BCUT2D eigenvalue weighted by Gasteiger charge is -2.14. The van der Waals surface area contributed by atoms with E-state index in [1.54, 1.807) is 0 Å². The Morgan fingerprint density at radius 1 is 1.00 bits per heavy atom. The first-order valence-corrected chi connectivity index (χ1v) is 9.72. The first kappa shape index (κ1) is 17.1. The van der Waals surface area contributed by atoms with Crippen molar-refractivity contribution in [2.75, 3.05) is 0 Å². The van der Waals surface area contributed by atoms with Gasteiger partial charge in [-0.2, -0.15) is 0 Å². The lowest BCUT2D eigenvalue weighted by atomic mass is 9.95. The van der Waals surface area contributed by atoms with E-state index in [-0.39, 0.29) is 5.92 Å². The highest BCUT2D eigenvalue weighted by molar-refractivity contribution is 5.73. The van der Waals surface area contributed by atoms with Crippen LogP contribution in [0.3, 0.4) is 0 Å². The number of ether oxygens (including phenoxy) is 1. The van der Waals surface area contributed by atoms with Crippen molar-refractivity contribution in [3.05, 3.63) is 65.7 Å². The number of carboxylic acids is 1. The minimum atomic E-state index is -0.626.